The molecule has 0 aliphatic heterocycles. The summed E-state index contributed by atoms with van der Waals surface area (Å²) >= 11 is 12.7. The van der Waals surface area contributed by atoms with Crippen LogP contribution >= 0.6 is 23.2 Å². The summed E-state index contributed by atoms with van der Waals surface area (Å²) in [4.78, 5) is 12.2. The minimum absolute atomic E-state index is 0.316. The van der Waals surface area contributed by atoms with E-state index in [-0.39, 0.29) is 6.03 Å². The van der Waals surface area contributed by atoms with Crippen LogP contribution in [0.25, 0.3) is 0 Å². The lowest BCUT2D eigenvalue weighted by atomic mass is 9.98. The molecular weight excluding hydrogens is 359 g/mol. The van der Waals surface area contributed by atoms with Crippen molar-refractivity contribution in [3.05, 3.63) is 62.6 Å². The number of aryl methyl sites for hydroxylation is 1. The molecule has 1 aliphatic rings. The minimum atomic E-state index is -0.936. The highest BCUT2D eigenvalue weighted by molar-refractivity contribution is 6.40. The van der Waals surface area contributed by atoms with E-state index >= 15 is 0 Å². The second kappa shape index (κ2) is 6.87. The van der Waals surface area contributed by atoms with Crippen LogP contribution in [0.3, 0.4) is 0 Å². The van der Waals surface area contributed by atoms with Crippen LogP contribution in [0.15, 0.2) is 30.3 Å². The number of halogens is 2. The maximum Gasteiger partial charge on any atom is 0.319 e. The monoisotopic (exact) mass is 378 g/mol. The molecule has 2 amide bonds. The first-order valence-electron chi connectivity index (χ1n) is 8.12. The summed E-state index contributed by atoms with van der Waals surface area (Å²) in [5.41, 5.74) is 3.16. The fourth-order valence-electron chi connectivity index (χ4n) is 3.16. The number of fused-ring (bicyclic) bond motifs is 1. The molecule has 0 saturated heterocycles. The maximum atomic E-state index is 12.2. The van der Waals surface area contributed by atoms with Gasteiger partial charge in [0.25, 0.3) is 0 Å². The molecule has 1 atom stereocenters. The van der Waals surface area contributed by atoms with Crippen LogP contribution in [-0.4, -0.2) is 11.1 Å². The van der Waals surface area contributed by atoms with Crippen molar-refractivity contribution in [2.75, 3.05) is 5.32 Å². The largest absolute Gasteiger partial charge is 0.385 e. The van der Waals surface area contributed by atoms with Gasteiger partial charge in [-0.05, 0) is 49.4 Å². The number of amides is 2. The van der Waals surface area contributed by atoms with E-state index in [1.165, 1.54) is 0 Å². The van der Waals surface area contributed by atoms with Crippen LogP contribution < -0.4 is 10.6 Å². The molecule has 132 valence electrons. The smallest absolute Gasteiger partial charge is 0.319 e. The Morgan fingerprint density at radius 2 is 2.08 bits per heavy atom. The Morgan fingerprint density at radius 1 is 1.32 bits per heavy atom. The number of anilines is 1. The summed E-state index contributed by atoms with van der Waals surface area (Å²) in [6, 6.07) is 9.22. The number of carbonyl (C=O) groups is 1. The molecule has 2 aromatic carbocycles. The lowest BCUT2D eigenvalue weighted by Gasteiger charge is -2.20. The molecule has 0 fully saturated rings. The van der Waals surface area contributed by atoms with Crippen molar-refractivity contribution in [2.24, 2.45) is 0 Å². The van der Waals surface area contributed by atoms with Crippen molar-refractivity contribution >= 4 is 34.9 Å². The van der Waals surface area contributed by atoms with E-state index < -0.39 is 5.60 Å². The Morgan fingerprint density at radius 3 is 2.80 bits per heavy atom. The third kappa shape index (κ3) is 3.76. The van der Waals surface area contributed by atoms with Gasteiger partial charge in [0.15, 0.2) is 0 Å². The highest BCUT2D eigenvalue weighted by Crippen LogP contribution is 2.45. The highest BCUT2D eigenvalue weighted by atomic mass is 35.5. The number of nitrogens with one attached hydrogen (secondary N) is 2. The van der Waals surface area contributed by atoms with Gasteiger partial charge in [-0.2, -0.15) is 0 Å². The number of rotatable bonds is 3. The Balaban J connectivity index is 1.74. The van der Waals surface area contributed by atoms with Crippen LogP contribution in [0.2, 0.25) is 10.0 Å². The van der Waals surface area contributed by atoms with Gasteiger partial charge in [0.1, 0.15) is 0 Å². The summed E-state index contributed by atoms with van der Waals surface area (Å²) in [5, 5.41) is 16.6. The van der Waals surface area contributed by atoms with Gasteiger partial charge >= 0.3 is 6.03 Å². The van der Waals surface area contributed by atoms with Gasteiger partial charge in [-0.3, -0.25) is 0 Å². The molecule has 25 heavy (non-hydrogen) atoms. The van der Waals surface area contributed by atoms with Crippen LogP contribution in [0.4, 0.5) is 10.5 Å². The fourth-order valence-corrected chi connectivity index (χ4v) is 3.81. The van der Waals surface area contributed by atoms with Crippen molar-refractivity contribution in [2.45, 2.75) is 38.8 Å². The van der Waals surface area contributed by atoms with Crippen molar-refractivity contribution in [3.63, 3.8) is 0 Å². The summed E-state index contributed by atoms with van der Waals surface area (Å²) in [5.74, 6) is 0. The first-order valence-corrected chi connectivity index (χ1v) is 8.87. The lowest BCUT2D eigenvalue weighted by molar-refractivity contribution is 0.0595. The van der Waals surface area contributed by atoms with E-state index in [1.807, 2.05) is 31.2 Å². The molecule has 2 aromatic rings. The van der Waals surface area contributed by atoms with Gasteiger partial charge in [0, 0.05) is 6.54 Å². The predicted molar refractivity (Wildman–Crippen MR) is 101 cm³/mol. The average molecular weight is 379 g/mol. The highest BCUT2D eigenvalue weighted by Gasteiger charge is 2.35. The molecule has 0 radical (unpaired) electrons. The number of benzene rings is 2. The van der Waals surface area contributed by atoms with Crippen molar-refractivity contribution in [1.82, 2.24) is 5.32 Å². The summed E-state index contributed by atoms with van der Waals surface area (Å²) < 4.78 is 0. The first kappa shape index (κ1) is 18.1. The van der Waals surface area contributed by atoms with E-state index in [2.05, 4.69) is 10.6 Å². The molecule has 0 aromatic heterocycles. The zero-order valence-corrected chi connectivity index (χ0v) is 15.6. The zero-order chi connectivity index (χ0) is 18.2. The van der Waals surface area contributed by atoms with Gasteiger partial charge < -0.3 is 15.7 Å². The second-order valence-electron chi connectivity index (χ2n) is 6.64. The molecule has 1 aliphatic carbocycles. The van der Waals surface area contributed by atoms with Gasteiger partial charge in [0.05, 0.1) is 21.3 Å². The van der Waals surface area contributed by atoms with Gasteiger partial charge in [-0.15, -0.1) is 0 Å². The quantitative estimate of drug-likeness (QED) is 0.719. The molecular formula is C19H20Cl2N2O2. The summed E-state index contributed by atoms with van der Waals surface area (Å²) in [6.45, 7) is 4.15. The topological polar surface area (TPSA) is 61.4 Å². The van der Waals surface area contributed by atoms with E-state index in [0.29, 0.717) is 35.1 Å². The molecule has 0 heterocycles. The summed E-state index contributed by atoms with van der Waals surface area (Å²) in [6.07, 6.45) is 1.24. The average Bonchev–Trinajstić information content (AvgIpc) is 2.85. The van der Waals surface area contributed by atoms with Crippen molar-refractivity contribution in [3.8, 4) is 0 Å². The molecule has 4 nitrogen and oxygen atoms in total. The van der Waals surface area contributed by atoms with E-state index in [4.69, 9.17) is 23.2 Å². The summed E-state index contributed by atoms with van der Waals surface area (Å²) in [7, 11) is 0. The molecule has 1 unspecified atom stereocenters. The zero-order valence-electron chi connectivity index (χ0n) is 14.1. The molecule has 3 rings (SSSR count). The Kier molecular flexibility index (Phi) is 4.96. The van der Waals surface area contributed by atoms with Gasteiger partial charge in [-0.1, -0.05) is 53.0 Å². The number of carbonyl (C=O) groups excluding carboxylic acids is 1. The van der Waals surface area contributed by atoms with Crippen LogP contribution in [0.5, 0.6) is 0 Å². The lowest BCUT2D eigenvalue weighted by Crippen LogP contribution is -2.28. The minimum Gasteiger partial charge on any atom is -0.385 e. The first-order chi connectivity index (χ1) is 11.8. The Hall–Kier alpha value is -1.75. The molecule has 6 heteroatoms. The molecule has 0 spiro atoms. The van der Waals surface area contributed by atoms with E-state index in [0.717, 1.165) is 22.3 Å². The van der Waals surface area contributed by atoms with Crippen LogP contribution in [0.1, 0.15) is 35.6 Å². The maximum absolute atomic E-state index is 12.2. The third-order valence-corrected chi connectivity index (χ3v) is 5.25. The predicted octanol–water partition coefficient (Wildman–Crippen LogP) is 4.78. The van der Waals surface area contributed by atoms with Crippen LogP contribution in [-0.2, 0) is 18.6 Å². The van der Waals surface area contributed by atoms with Crippen molar-refractivity contribution < 1.29 is 9.90 Å². The van der Waals surface area contributed by atoms with Crippen LogP contribution in [0, 0.1) is 6.92 Å². The van der Waals surface area contributed by atoms with Gasteiger partial charge in [0.2, 0.25) is 0 Å². The standard InChI is InChI=1S/C19H20Cl2N2O2/c1-11-4-3-5-12(8-11)10-22-18(24)23-17-15(20)9-14-13(16(17)21)6-7-19(14,2)25/h3-5,8-9,25H,6-7,10H2,1-2H3,(H2,22,23,24). The third-order valence-electron chi connectivity index (χ3n) is 4.54. The SMILES string of the molecule is Cc1cccc(CNC(=O)Nc2c(Cl)cc3c(c2Cl)CCC3(C)O)c1. The number of hydrogen-bond acceptors (Lipinski definition) is 2. The number of urea groups is 1. The normalized spacial score (nSPS) is 18.8. The number of aliphatic hydroxyl groups is 1. The van der Waals surface area contributed by atoms with E-state index in [9.17, 15) is 9.90 Å². The Labute approximate surface area is 157 Å². The van der Waals surface area contributed by atoms with Gasteiger partial charge in [-0.25, -0.2) is 4.79 Å². The number of hydrogen-bond donors (Lipinski definition) is 3. The molecule has 0 saturated carbocycles. The Bertz CT molecular complexity index is 834. The molecule has 0 bridgehead atoms. The van der Waals surface area contributed by atoms with Crippen molar-refractivity contribution in [1.29, 1.82) is 0 Å². The van der Waals surface area contributed by atoms with E-state index in [1.54, 1.807) is 13.0 Å². The second-order valence-corrected chi connectivity index (χ2v) is 7.43. The molecule has 3 N–H and O–H groups in total. The fraction of sp³-hybridized carbons (Fsp3) is 0.316.